The van der Waals surface area contributed by atoms with Gasteiger partial charge in [-0.05, 0) is 42.6 Å². The molecule has 0 aromatic heterocycles. The van der Waals surface area contributed by atoms with Crippen molar-refractivity contribution in [1.82, 2.24) is 5.32 Å². The number of esters is 1. The maximum Gasteiger partial charge on any atom is 0.305 e. The Bertz CT molecular complexity index is 449. The normalized spacial score (nSPS) is 10.7. The number of methoxy groups -OCH3 is 1. The second-order valence-electron chi connectivity index (χ2n) is 5.31. The quantitative estimate of drug-likeness (QED) is 0.542. The first-order valence-electron chi connectivity index (χ1n) is 7.21. The summed E-state index contributed by atoms with van der Waals surface area (Å²) in [4.78, 5) is 11.0. The maximum atomic E-state index is 11.0. The summed E-state index contributed by atoms with van der Waals surface area (Å²) in [5, 5.41) is 3.41. The van der Waals surface area contributed by atoms with Crippen molar-refractivity contribution in [3.63, 3.8) is 0 Å². The highest BCUT2D eigenvalue weighted by atomic mass is 79.9. The van der Waals surface area contributed by atoms with Crippen LogP contribution < -0.4 is 10.1 Å². The van der Waals surface area contributed by atoms with E-state index in [2.05, 4.69) is 39.8 Å². The minimum atomic E-state index is -0.201. The van der Waals surface area contributed by atoms with Gasteiger partial charge in [-0.3, -0.25) is 4.79 Å². The Labute approximate surface area is 135 Å². The second kappa shape index (κ2) is 9.79. The molecule has 1 rings (SSSR count). The van der Waals surface area contributed by atoms with E-state index in [1.54, 1.807) is 0 Å². The maximum absolute atomic E-state index is 11.0. The lowest BCUT2D eigenvalue weighted by Crippen LogP contribution is -2.19. The fourth-order valence-corrected chi connectivity index (χ4v) is 2.17. The van der Waals surface area contributed by atoms with E-state index in [4.69, 9.17) is 4.74 Å². The monoisotopic (exact) mass is 357 g/mol. The van der Waals surface area contributed by atoms with Gasteiger partial charge >= 0.3 is 5.97 Å². The van der Waals surface area contributed by atoms with Gasteiger partial charge in [0.1, 0.15) is 5.75 Å². The highest BCUT2D eigenvalue weighted by molar-refractivity contribution is 9.10. The van der Waals surface area contributed by atoms with E-state index >= 15 is 0 Å². The van der Waals surface area contributed by atoms with E-state index in [1.165, 1.54) is 12.7 Å². The molecule has 4 nitrogen and oxygen atoms in total. The standard InChI is InChI=1S/C16H24BrNO3/c1-12(2)10-18-11-13-9-14(6-7-15(13)17)21-8-4-5-16(19)20-3/h6-7,9,12,18H,4-5,8,10-11H2,1-3H3. The summed E-state index contributed by atoms with van der Waals surface area (Å²) >= 11 is 3.55. The smallest absolute Gasteiger partial charge is 0.305 e. The molecule has 118 valence electrons. The average molecular weight is 358 g/mol. The molecular formula is C16H24BrNO3. The number of carbonyl (C=O) groups excluding carboxylic acids is 1. The van der Waals surface area contributed by atoms with E-state index < -0.39 is 0 Å². The van der Waals surface area contributed by atoms with E-state index in [1.807, 2.05) is 18.2 Å². The van der Waals surface area contributed by atoms with Crippen LogP contribution in [0.4, 0.5) is 0 Å². The zero-order valence-corrected chi connectivity index (χ0v) is 14.5. The third-order valence-electron chi connectivity index (χ3n) is 2.91. The summed E-state index contributed by atoms with van der Waals surface area (Å²) in [7, 11) is 1.40. The van der Waals surface area contributed by atoms with Crippen molar-refractivity contribution in [3.8, 4) is 5.75 Å². The van der Waals surface area contributed by atoms with Crippen molar-refractivity contribution in [1.29, 1.82) is 0 Å². The molecule has 0 saturated heterocycles. The minimum Gasteiger partial charge on any atom is -0.494 e. The topological polar surface area (TPSA) is 47.6 Å². The first-order valence-corrected chi connectivity index (χ1v) is 8.01. The molecule has 0 saturated carbocycles. The first-order chi connectivity index (χ1) is 10.0. The van der Waals surface area contributed by atoms with Crippen LogP contribution in [0.25, 0.3) is 0 Å². The van der Waals surface area contributed by atoms with Crippen LogP contribution in [0.15, 0.2) is 22.7 Å². The summed E-state index contributed by atoms with van der Waals surface area (Å²) in [5.74, 6) is 1.25. The van der Waals surface area contributed by atoms with Crippen LogP contribution in [0.5, 0.6) is 5.75 Å². The van der Waals surface area contributed by atoms with Gasteiger partial charge in [0.05, 0.1) is 13.7 Å². The van der Waals surface area contributed by atoms with Crippen LogP contribution in [-0.4, -0.2) is 26.2 Å². The zero-order chi connectivity index (χ0) is 15.7. The van der Waals surface area contributed by atoms with Gasteiger partial charge in [-0.25, -0.2) is 0 Å². The Morgan fingerprint density at radius 1 is 1.38 bits per heavy atom. The Morgan fingerprint density at radius 2 is 2.14 bits per heavy atom. The van der Waals surface area contributed by atoms with Gasteiger partial charge in [0.2, 0.25) is 0 Å². The largest absolute Gasteiger partial charge is 0.494 e. The molecule has 0 unspecified atom stereocenters. The molecule has 1 aromatic rings. The van der Waals surface area contributed by atoms with Crippen molar-refractivity contribution in [2.75, 3.05) is 20.3 Å². The number of halogens is 1. The molecule has 0 spiro atoms. The molecule has 5 heteroatoms. The van der Waals surface area contributed by atoms with Crippen LogP contribution in [0, 0.1) is 5.92 Å². The van der Waals surface area contributed by atoms with Crippen LogP contribution in [-0.2, 0) is 16.1 Å². The molecule has 0 bridgehead atoms. The molecule has 21 heavy (non-hydrogen) atoms. The van der Waals surface area contributed by atoms with E-state index in [0.717, 1.165) is 23.3 Å². The fourth-order valence-electron chi connectivity index (χ4n) is 1.78. The van der Waals surface area contributed by atoms with Gasteiger partial charge < -0.3 is 14.8 Å². The Morgan fingerprint density at radius 3 is 2.81 bits per heavy atom. The SMILES string of the molecule is COC(=O)CCCOc1ccc(Br)c(CNCC(C)C)c1. The van der Waals surface area contributed by atoms with Gasteiger partial charge in [0.15, 0.2) is 0 Å². The van der Waals surface area contributed by atoms with Gasteiger partial charge in [-0.15, -0.1) is 0 Å². The lowest BCUT2D eigenvalue weighted by molar-refractivity contribution is -0.140. The lowest BCUT2D eigenvalue weighted by atomic mass is 10.2. The summed E-state index contributed by atoms with van der Waals surface area (Å²) < 4.78 is 11.3. The fraction of sp³-hybridized carbons (Fsp3) is 0.562. The zero-order valence-electron chi connectivity index (χ0n) is 12.9. The number of hydrogen-bond acceptors (Lipinski definition) is 4. The number of hydrogen-bond donors (Lipinski definition) is 1. The van der Waals surface area contributed by atoms with Crippen LogP contribution in [0.2, 0.25) is 0 Å². The Kier molecular flexibility index (Phi) is 8.38. The first kappa shape index (κ1) is 18.0. The lowest BCUT2D eigenvalue weighted by Gasteiger charge is -2.11. The highest BCUT2D eigenvalue weighted by Crippen LogP contribution is 2.22. The van der Waals surface area contributed by atoms with Gasteiger partial charge in [-0.2, -0.15) is 0 Å². The predicted molar refractivity (Wildman–Crippen MR) is 87.4 cm³/mol. The number of carbonyl (C=O) groups is 1. The van der Waals surface area contributed by atoms with E-state index in [9.17, 15) is 4.79 Å². The molecule has 0 aliphatic carbocycles. The van der Waals surface area contributed by atoms with E-state index in [-0.39, 0.29) is 5.97 Å². The van der Waals surface area contributed by atoms with Crippen molar-refractivity contribution in [2.24, 2.45) is 5.92 Å². The molecule has 0 amide bonds. The van der Waals surface area contributed by atoms with Crippen LogP contribution in [0.1, 0.15) is 32.3 Å². The molecular weight excluding hydrogens is 334 g/mol. The number of ether oxygens (including phenoxy) is 2. The van der Waals surface area contributed by atoms with E-state index in [0.29, 0.717) is 25.4 Å². The average Bonchev–Trinajstić information content (AvgIpc) is 2.45. The van der Waals surface area contributed by atoms with Crippen molar-refractivity contribution in [3.05, 3.63) is 28.2 Å². The molecule has 0 heterocycles. The van der Waals surface area contributed by atoms with Gasteiger partial charge in [0, 0.05) is 17.4 Å². The molecule has 1 N–H and O–H groups in total. The number of benzene rings is 1. The van der Waals surface area contributed by atoms with Gasteiger partial charge in [0.25, 0.3) is 0 Å². The van der Waals surface area contributed by atoms with Crippen molar-refractivity contribution < 1.29 is 14.3 Å². The predicted octanol–water partition coefficient (Wildman–Crippen LogP) is 3.53. The third kappa shape index (κ3) is 7.48. The second-order valence-corrected chi connectivity index (χ2v) is 6.16. The van der Waals surface area contributed by atoms with Crippen LogP contribution in [0.3, 0.4) is 0 Å². The summed E-state index contributed by atoms with van der Waals surface area (Å²) in [6, 6.07) is 5.94. The molecule has 0 fully saturated rings. The molecule has 1 aromatic carbocycles. The summed E-state index contributed by atoms with van der Waals surface area (Å²) in [6.45, 7) is 6.66. The molecule has 0 radical (unpaired) electrons. The summed E-state index contributed by atoms with van der Waals surface area (Å²) in [5.41, 5.74) is 1.17. The minimum absolute atomic E-state index is 0.201. The molecule has 0 atom stereocenters. The Hall–Kier alpha value is -1.07. The van der Waals surface area contributed by atoms with Crippen molar-refractivity contribution >= 4 is 21.9 Å². The van der Waals surface area contributed by atoms with Crippen LogP contribution >= 0.6 is 15.9 Å². The van der Waals surface area contributed by atoms with Crippen molar-refractivity contribution in [2.45, 2.75) is 33.2 Å². The Balaban J connectivity index is 2.43. The number of nitrogens with one attached hydrogen (secondary N) is 1. The summed E-state index contributed by atoms with van der Waals surface area (Å²) in [6.07, 6.45) is 1.04. The molecule has 0 aliphatic heterocycles. The third-order valence-corrected chi connectivity index (χ3v) is 3.68. The van der Waals surface area contributed by atoms with Gasteiger partial charge in [-0.1, -0.05) is 29.8 Å². The molecule has 0 aliphatic rings. The number of rotatable bonds is 9. The highest BCUT2D eigenvalue weighted by Gasteiger charge is 2.04.